The second-order valence-electron chi connectivity index (χ2n) is 7.30. The van der Waals surface area contributed by atoms with E-state index in [1.807, 2.05) is 18.2 Å². The zero-order chi connectivity index (χ0) is 21.7. The number of rotatable bonds is 7. The quantitative estimate of drug-likeness (QED) is 0.654. The van der Waals surface area contributed by atoms with Crippen LogP contribution in [-0.2, 0) is 14.8 Å². The van der Waals surface area contributed by atoms with E-state index in [0.717, 1.165) is 5.56 Å². The zero-order valence-corrected chi connectivity index (χ0v) is 17.9. The summed E-state index contributed by atoms with van der Waals surface area (Å²) < 4.78 is 37.5. The molecule has 0 spiro atoms. The predicted molar refractivity (Wildman–Crippen MR) is 116 cm³/mol. The van der Waals surface area contributed by atoms with E-state index in [9.17, 15) is 13.2 Å². The highest BCUT2D eigenvalue weighted by Crippen LogP contribution is 2.32. The molecule has 0 aliphatic carbocycles. The van der Waals surface area contributed by atoms with Crippen LogP contribution < -0.4 is 14.8 Å². The van der Waals surface area contributed by atoms with Gasteiger partial charge in [-0.15, -0.1) is 0 Å². The molecule has 8 nitrogen and oxygen atoms in total. The van der Waals surface area contributed by atoms with Gasteiger partial charge in [0.15, 0.2) is 11.5 Å². The van der Waals surface area contributed by atoms with Gasteiger partial charge in [0.1, 0.15) is 0 Å². The smallest absolute Gasteiger partial charge is 0.244 e. The lowest BCUT2D eigenvalue weighted by molar-refractivity contribution is -0.116. The summed E-state index contributed by atoms with van der Waals surface area (Å²) in [6, 6.07) is 14.0. The third-order valence-corrected chi connectivity index (χ3v) is 7.18. The number of ether oxygens (including phenoxy) is 2. The topological polar surface area (TPSA) is 88.2 Å². The fourth-order valence-corrected chi connectivity index (χ4v) is 4.96. The average molecular weight is 444 g/mol. The predicted octanol–water partition coefficient (Wildman–Crippen LogP) is 1.55. The van der Waals surface area contributed by atoms with Gasteiger partial charge in [0.2, 0.25) is 22.7 Å². The number of sulfonamides is 1. The number of hydrogen-bond donors (Lipinski definition) is 1. The lowest BCUT2D eigenvalue weighted by atomic mass is 10.2. The van der Waals surface area contributed by atoms with E-state index in [2.05, 4.69) is 10.2 Å². The van der Waals surface area contributed by atoms with Crippen molar-refractivity contribution in [3.63, 3.8) is 0 Å². The largest absolute Gasteiger partial charge is 0.454 e. The maximum absolute atomic E-state index is 12.7. The first-order valence-corrected chi connectivity index (χ1v) is 11.6. The molecule has 9 heteroatoms. The van der Waals surface area contributed by atoms with Crippen molar-refractivity contribution in [1.82, 2.24) is 14.5 Å². The molecule has 1 N–H and O–H groups in total. The molecule has 2 aromatic rings. The number of hydrogen-bond acceptors (Lipinski definition) is 6. The summed E-state index contributed by atoms with van der Waals surface area (Å²) in [5.74, 6) is 1.21. The second kappa shape index (κ2) is 9.51. The van der Waals surface area contributed by atoms with Crippen LogP contribution in [0.25, 0.3) is 6.08 Å². The summed E-state index contributed by atoms with van der Waals surface area (Å²) in [6.45, 7) is 3.53. The molecule has 0 bridgehead atoms. The molecule has 4 rings (SSSR count). The Morgan fingerprint density at radius 2 is 1.74 bits per heavy atom. The Bertz CT molecular complexity index is 1050. The summed E-state index contributed by atoms with van der Waals surface area (Å²) in [5.41, 5.74) is 0.857. The minimum atomic E-state index is -3.45. The molecule has 1 amide bonds. The molecule has 0 aromatic heterocycles. The number of nitrogens with zero attached hydrogens (tertiary/aromatic N) is 2. The molecule has 164 valence electrons. The van der Waals surface area contributed by atoms with Gasteiger partial charge in [0.05, 0.1) is 4.90 Å². The molecular weight excluding hydrogens is 418 g/mol. The lowest BCUT2D eigenvalue weighted by Crippen LogP contribution is -2.50. The average Bonchev–Trinajstić information content (AvgIpc) is 3.27. The SMILES string of the molecule is O=C(/C=C\c1ccc2c(c1)OCO2)NCCN1CCN(S(=O)(=O)c2ccccc2)CC1. The molecule has 0 radical (unpaired) electrons. The van der Waals surface area contributed by atoms with Crippen LogP contribution in [-0.4, -0.2) is 69.6 Å². The van der Waals surface area contributed by atoms with Crippen LogP contribution >= 0.6 is 0 Å². The molecule has 2 aromatic carbocycles. The van der Waals surface area contributed by atoms with Crippen molar-refractivity contribution in [3.8, 4) is 11.5 Å². The van der Waals surface area contributed by atoms with Gasteiger partial charge in [-0.25, -0.2) is 8.42 Å². The van der Waals surface area contributed by atoms with Crippen LogP contribution in [0, 0.1) is 0 Å². The number of amides is 1. The molecule has 1 fully saturated rings. The van der Waals surface area contributed by atoms with Gasteiger partial charge >= 0.3 is 0 Å². The van der Waals surface area contributed by atoms with E-state index in [-0.39, 0.29) is 12.7 Å². The van der Waals surface area contributed by atoms with E-state index < -0.39 is 10.0 Å². The lowest BCUT2D eigenvalue weighted by Gasteiger charge is -2.33. The molecule has 2 heterocycles. The summed E-state index contributed by atoms with van der Waals surface area (Å²) in [4.78, 5) is 14.5. The highest BCUT2D eigenvalue weighted by molar-refractivity contribution is 7.89. The summed E-state index contributed by atoms with van der Waals surface area (Å²) >= 11 is 0. The maximum atomic E-state index is 12.7. The van der Waals surface area contributed by atoms with Crippen LogP contribution in [0.3, 0.4) is 0 Å². The molecule has 1 saturated heterocycles. The van der Waals surface area contributed by atoms with Crippen LogP contribution in [0.1, 0.15) is 5.56 Å². The molecule has 0 saturated carbocycles. The third kappa shape index (κ3) is 5.25. The van der Waals surface area contributed by atoms with Crippen molar-refractivity contribution in [2.24, 2.45) is 0 Å². The first kappa shape index (κ1) is 21.4. The first-order chi connectivity index (χ1) is 15.0. The maximum Gasteiger partial charge on any atom is 0.244 e. The normalized spacial score (nSPS) is 17.2. The monoisotopic (exact) mass is 443 g/mol. The van der Waals surface area contributed by atoms with Crippen molar-refractivity contribution in [2.45, 2.75) is 4.90 Å². The number of carbonyl (C=O) groups excluding carboxylic acids is 1. The van der Waals surface area contributed by atoms with E-state index in [4.69, 9.17) is 9.47 Å². The summed E-state index contributed by atoms with van der Waals surface area (Å²) in [6.07, 6.45) is 3.21. The van der Waals surface area contributed by atoms with Gasteiger partial charge in [0.25, 0.3) is 0 Å². The Kier molecular flexibility index (Phi) is 6.55. The van der Waals surface area contributed by atoms with Crippen molar-refractivity contribution in [3.05, 3.63) is 60.2 Å². The molecule has 0 atom stereocenters. The standard InChI is InChI=1S/C22H25N3O5S/c26-22(9-7-18-6-8-20-21(16-18)30-17-29-20)23-10-11-24-12-14-25(15-13-24)31(27,28)19-4-2-1-3-5-19/h1-9,16H,10-15,17H2,(H,23,26)/b9-7-. The van der Waals surface area contributed by atoms with E-state index in [1.165, 1.54) is 10.4 Å². The third-order valence-electron chi connectivity index (χ3n) is 5.26. The Morgan fingerprint density at radius 1 is 1.00 bits per heavy atom. The first-order valence-electron chi connectivity index (χ1n) is 10.2. The number of benzene rings is 2. The van der Waals surface area contributed by atoms with Gasteiger partial charge in [-0.05, 0) is 35.9 Å². The second-order valence-corrected chi connectivity index (χ2v) is 9.23. The molecular formula is C22H25N3O5S. The highest BCUT2D eigenvalue weighted by atomic mass is 32.2. The number of nitrogens with one attached hydrogen (secondary N) is 1. The van der Waals surface area contributed by atoms with E-state index >= 15 is 0 Å². The van der Waals surface area contributed by atoms with Gasteiger partial charge in [0, 0.05) is 45.3 Å². The van der Waals surface area contributed by atoms with Crippen molar-refractivity contribution < 1.29 is 22.7 Å². The molecule has 2 aliphatic rings. The minimum absolute atomic E-state index is 0.178. The van der Waals surface area contributed by atoms with E-state index in [0.29, 0.717) is 55.7 Å². The van der Waals surface area contributed by atoms with Crippen LogP contribution in [0.2, 0.25) is 0 Å². The Hall–Kier alpha value is -2.88. The molecule has 2 aliphatic heterocycles. The van der Waals surface area contributed by atoms with Gasteiger partial charge < -0.3 is 14.8 Å². The Morgan fingerprint density at radius 3 is 2.52 bits per heavy atom. The van der Waals surface area contributed by atoms with Gasteiger partial charge in [-0.3, -0.25) is 9.69 Å². The highest BCUT2D eigenvalue weighted by Gasteiger charge is 2.28. The molecule has 31 heavy (non-hydrogen) atoms. The Balaban J connectivity index is 1.19. The number of piperazine rings is 1. The number of fused-ring (bicyclic) bond motifs is 1. The van der Waals surface area contributed by atoms with E-state index in [1.54, 1.807) is 36.4 Å². The van der Waals surface area contributed by atoms with Gasteiger partial charge in [-0.2, -0.15) is 4.31 Å². The Labute approximate surface area is 182 Å². The minimum Gasteiger partial charge on any atom is -0.454 e. The zero-order valence-electron chi connectivity index (χ0n) is 17.1. The summed E-state index contributed by atoms with van der Waals surface area (Å²) in [5, 5.41) is 2.86. The van der Waals surface area contributed by atoms with Crippen molar-refractivity contribution in [1.29, 1.82) is 0 Å². The van der Waals surface area contributed by atoms with Crippen molar-refractivity contribution >= 4 is 22.0 Å². The number of carbonyl (C=O) groups is 1. The fourth-order valence-electron chi connectivity index (χ4n) is 3.52. The summed E-state index contributed by atoms with van der Waals surface area (Å²) in [7, 11) is -3.45. The van der Waals surface area contributed by atoms with Crippen LogP contribution in [0.5, 0.6) is 11.5 Å². The van der Waals surface area contributed by atoms with Crippen LogP contribution in [0.4, 0.5) is 0 Å². The molecule has 0 unspecified atom stereocenters. The van der Waals surface area contributed by atoms with Crippen LogP contribution in [0.15, 0.2) is 59.5 Å². The van der Waals surface area contributed by atoms with Crippen molar-refractivity contribution in [2.75, 3.05) is 46.1 Å². The van der Waals surface area contributed by atoms with Gasteiger partial charge in [-0.1, -0.05) is 24.3 Å². The fraction of sp³-hybridized carbons (Fsp3) is 0.318.